The van der Waals surface area contributed by atoms with Crippen LogP contribution in [-0.4, -0.2) is 37.0 Å². The van der Waals surface area contributed by atoms with Crippen LogP contribution in [0.2, 0.25) is 0 Å². The van der Waals surface area contributed by atoms with Gasteiger partial charge in [0, 0.05) is 26.1 Å². The summed E-state index contributed by atoms with van der Waals surface area (Å²) in [4.78, 5) is 34.7. The summed E-state index contributed by atoms with van der Waals surface area (Å²) >= 11 is 0. The second-order valence-electron chi connectivity index (χ2n) is 5.03. The van der Waals surface area contributed by atoms with Gasteiger partial charge in [0.1, 0.15) is 6.04 Å². The van der Waals surface area contributed by atoms with Gasteiger partial charge in [-0.05, 0) is 19.4 Å². The van der Waals surface area contributed by atoms with Crippen LogP contribution in [0.3, 0.4) is 0 Å². The molecule has 0 saturated heterocycles. The molecular weight excluding hydrogens is 296 g/mol. The van der Waals surface area contributed by atoms with Crippen LogP contribution >= 0.6 is 0 Å². The van der Waals surface area contributed by atoms with Crippen LogP contribution < -0.4 is 21.3 Å². The van der Waals surface area contributed by atoms with Crippen molar-refractivity contribution in [1.82, 2.24) is 21.3 Å². The van der Waals surface area contributed by atoms with Gasteiger partial charge in [0.05, 0.1) is 0 Å². The summed E-state index contributed by atoms with van der Waals surface area (Å²) in [7, 11) is 0. The molecule has 0 heterocycles. The Bertz CT molecular complexity index is 519. The first kappa shape index (κ1) is 18.5. The van der Waals surface area contributed by atoms with Gasteiger partial charge in [-0.3, -0.25) is 9.59 Å². The van der Waals surface area contributed by atoms with E-state index in [9.17, 15) is 14.4 Å². The third kappa shape index (κ3) is 7.85. The molecule has 4 N–H and O–H groups in total. The van der Waals surface area contributed by atoms with Gasteiger partial charge in [0.25, 0.3) is 0 Å². The number of urea groups is 1. The predicted molar refractivity (Wildman–Crippen MR) is 87.6 cm³/mol. The van der Waals surface area contributed by atoms with Crippen molar-refractivity contribution in [3.8, 4) is 0 Å². The highest BCUT2D eigenvalue weighted by molar-refractivity contribution is 5.87. The van der Waals surface area contributed by atoms with Crippen molar-refractivity contribution in [2.45, 2.75) is 32.9 Å². The maximum absolute atomic E-state index is 11.7. The highest BCUT2D eigenvalue weighted by Gasteiger charge is 2.14. The molecule has 0 aliphatic rings. The number of likely N-dealkylation sites (N-methyl/N-ethyl adjacent to an activating group) is 1. The topological polar surface area (TPSA) is 99.3 Å². The molecule has 0 bridgehead atoms. The maximum Gasteiger partial charge on any atom is 0.315 e. The van der Waals surface area contributed by atoms with Crippen LogP contribution in [0.15, 0.2) is 30.3 Å². The van der Waals surface area contributed by atoms with Gasteiger partial charge in [-0.1, -0.05) is 30.3 Å². The van der Waals surface area contributed by atoms with Gasteiger partial charge in [-0.15, -0.1) is 0 Å². The van der Waals surface area contributed by atoms with Crippen molar-refractivity contribution in [3.63, 3.8) is 0 Å². The summed E-state index contributed by atoms with van der Waals surface area (Å²) in [6.45, 7) is 4.57. The highest BCUT2D eigenvalue weighted by Crippen LogP contribution is 1.96. The molecule has 0 aromatic heterocycles. The zero-order chi connectivity index (χ0) is 17.1. The van der Waals surface area contributed by atoms with Gasteiger partial charge >= 0.3 is 6.03 Å². The molecule has 0 fully saturated rings. The fourth-order valence-corrected chi connectivity index (χ4v) is 1.84. The van der Waals surface area contributed by atoms with Crippen molar-refractivity contribution in [2.24, 2.45) is 0 Å². The summed E-state index contributed by atoms with van der Waals surface area (Å²) in [6.07, 6.45) is 0.114. The van der Waals surface area contributed by atoms with Crippen molar-refractivity contribution in [2.75, 3.05) is 13.1 Å². The van der Waals surface area contributed by atoms with E-state index in [2.05, 4.69) is 21.3 Å². The Balaban J connectivity index is 2.16. The lowest BCUT2D eigenvalue weighted by Gasteiger charge is -2.13. The van der Waals surface area contributed by atoms with E-state index in [1.165, 1.54) is 0 Å². The molecule has 1 atom stereocenters. The molecule has 0 aliphatic carbocycles. The number of amides is 4. The molecule has 0 aliphatic heterocycles. The molecule has 0 spiro atoms. The first-order chi connectivity index (χ1) is 11.0. The molecule has 0 radical (unpaired) electrons. The molecule has 1 aromatic carbocycles. The Morgan fingerprint density at radius 1 is 1.04 bits per heavy atom. The average Bonchev–Trinajstić information content (AvgIpc) is 2.54. The number of rotatable bonds is 8. The van der Waals surface area contributed by atoms with Gasteiger partial charge in [0.2, 0.25) is 11.8 Å². The van der Waals surface area contributed by atoms with E-state index < -0.39 is 6.04 Å². The largest absolute Gasteiger partial charge is 0.355 e. The van der Waals surface area contributed by atoms with Crippen molar-refractivity contribution in [3.05, 3.63) is 35.9 Å². The number of benzene rings is 1. The lowest BCUT2D eigenvalue weighted by molar-refractivity contribution is -0.128. The molecule has 126 valence electrons. The minimum absolute atomic E-state index is 0.114. The Hall–Kier alpha value is -2.57. The number of carbonyl (C=O) groups is 3. The summed E-state index contributed by atoms with van der Waals surface area (Å²) < 4.78 is 0. The SMILES string of the molecule is CCNC(=O)C(C)NC(=O)CCNC(=O)NCc1ccccc1. The van der Waals surface area contributed by atoms with Crippen LogP contribution in [0.1, 0.15) is 25.8 Å². The molecule has 23 heavy (non-hydrogen) atoms. The summed E-state index contributed by atoms with van der Waals surface area (Å²) in [5.74, 6) is -0.512. The van der Waals surface area contributed by atoms with Crippen LogP contribution in [-0.2, 0) is 16.1 Å². The van der Waals surface area contributed by atoms with Crippen molar-refractivity contribution in [1.29, 1.82) is 0 Å². The third-order valence-corrected chi connectivity index (χ3v) is 3.06. The Morgan fingerprint density at radius 3 is 2.39 bits per heavy atom. The monoisotopic (exact) mass is 320 g/mol. The molecule has 1 aromatic rings. The predicted octanol–water partition coefficient (Wildman–Crippen LogP) is 0.517. The Labute approximate surface area is 136 Å². The zero-order valence-electron chi connectivity index (χ0n) is 13.5. The van der Waals surface area contributed by atoms with Gasteiger partial charge < -0.3 is 21.3 Å². The van der Waals surface area contributed by atoms with Gasteiger partial charge in [-0.2, -0.15) is 0 Å². The van der Waals surface area contributed by atoms with E-state index in [-0.39, 0.29) is 30.8 Å². The van der Waals surface area contributed by atoms with E-state index in [0.29, 0.717) is 13.1 Å². The number of nitrogens with one attached hydrogen (secondary N) is 4. The smallest absolute Gasteiger partial charge is 0.315 e. The van der Waals surface area contributed by atoms with Crippen molar-refractivity contribution < 1.29 is 14.4 Å². The molecule has 1 unspecified atom stereocenters. The van der Waals surface area contributed by atoms with Crippen LogP contribution in [0, 0.1) is 0 Å². The van der Waals surface area contributed by atoms with Crippen molar-refractivity contribution >= 4 is 17.8 Å². The van der Waals surface area contributed by atoms with E-state index in [1.54, 1.807) is 6.92 Å². The molecule has 1 rings (SSSR count). The summed E-state index contributed by atoms with van der Waals surface area (Å²) in [5.41, 5.74) is 0.996. The lowest BCUT2D eigenvalue weighted by Crippen LogP contribution is -2.45. The van der Waals surface area contributed by atoms with E-state index in [0.717, 1.165) is 5.56 Å². The normalized spacial score (nSPS) is 11.2. The average molecular weight is 320 g/mol. The second kappa shape index (κ2) is 10.2. The zero-order valence-corrected chi connectivity index (χ0v) is 13.5. The lowest BCUT2D eigenvalue weighted by atomic mass is 10.2. The van der Waals surface area contributed by atoms with E-state index in [4.69, 9.17) is 0 Å². The fourth-order valence-electron chi connectivity index (χ4n) is 1.84. The van der Waals surface area contributed by atoms with E-state index >= 15 is 0 Å². The van der Waals surface area contributed by atoms with Crippen LogP contribution in [0.4, 0.5) is 4.79 Å². The minimum Gasteiger partial charge on any atom is -0.355 e. The summed E-state index contributed by atoms with van der Waals surface area (Å²) in [6, 6.07) is 8.61. The van der Waals surface area contributed by atoms with E-state index in [1.807, 2.05) is 37.3 Å². The fraction of sp³-hybridized carbons (Fsp3) is 0.438. The molecular formula is C16H24N4O3. The number of carbonyl (C=O) groups excluding carboxylic acids is 3. The Morgan fingerprint density at radius 2 is 1.74 bits per heavy atom. The second-order valence-corrected chi connectivity index (χ2v) is 5.03. The van der Waals surface area contributed by atoms with Crippen LogP contribution in [0.25, 0.3) is 0 Å². The minimum atomic E-state index is -0.589. The first-order valence-corrected chi connectivity index (χ1v) is 7.65. The first-order valence-electron chi connectivity index (χ1n) is 7.65. The number of hydrogen-bond donors (Lipinski definition) is 4. The standard InChI is InChI=1S/C16H24N4O3/c1-3-17-15(22)12(2)20-14(21)9-10-18-16(23)19-11-13-7-5-4-6-8-13/h4-8,12H,3,9-11H2,1-2H3,(H,17,22)(H,20,21)(H2,18,19,23). The quantitative estimate of drug-likeness (QED) is 0.562. The Kier molecular flexibility index (Phi) is 8.20. The molecule has 7 heteroatoms. The molecule has 7 nitrogen and oxygen atoms in total. The third-order valence-electron chi connectivity index (χ3n) is 3.06. The van der Waals surface area contributed by atoms with Gasteiger partial charge in [-0.25, -0.2) is 4.79 Å². The molecule has 0 saturated carbocycles. The highest BCUT2D eigenvalue weighted by atomic mass is 16.2. The summed E-state index contributed by atoms with van der Waals surface area (Å²) in [5, 5.41) is 10.5. The maximum atomic E-state index is 11.7. The molecule has 4 amide bonds. The van der Waals surface area contributed by atoms with Gasteiger partial charge in [0.15, 0.2) is 0 Å². The van der Waals surface area contributed by atoms with Crippen LogP contribution in [0.5, 0.6) is 0 Å². The number of hydrogen-bond acceptors (Lipinski definition) is 3.